The Bertz CT molecular complexity index is 1490. The van der Waals surface area contributed by atoms with Crippen molar-refractivity contribution in [3.05, 3.63) is 99.7 Å². The molecule has 13 heteroatoms. The molecule has 0 spiro atoms. The smallest absolute Gasteiger partial charge is 0.276 e. The molecule has 0 saturated heterocycles. The minimum absolute atomic E-state index is 0.0192. The molecule has 11 nitrogen and oxygen atoms in total. The third-order valence-corrected chi connectivity index (χ3v) is 4.78. The average Bonchev–Trinajstić information content (AvgIpc) is 3.48. The standard InChI is InChI=1S/C22H18F2N8O3/c23-14-4-2-1-3-12(14)9-27-18(17-5-6-35-31-17)8-16(25)20-28-11-15(24)21(30-20)32-22(34)13(10-29-32)7-19(26)33/h1-6,8,10-11,29H,7,9,25H2,(H2,26,33). The molecule has 3 aromatic heterocycles. The van der Waals surface area contributed by atoms with E-state index in [2.05, 4.69) is 25.2 Å². The van der Waals surface area contributed by atoms with E-state index >= 15 is 0 Å². The zero-order valence-corrected chi connectivity index (χ0v) is 18.0. The number of hydrogen-bond acceptors (Lipinski definition) is 8. The third-order valence-electron chi connectivity index (χ3n) is 4.78. The zero-order chi connectivity index (χ0) is 24.9. The van der Waals surface area contributed by atoms with Crippen molar-refractivity contribution in [2.75, 3.05) is 0 Å². The van der Waals surface area contributed by atoms with Crippen LogP contribution in [0, 0.1) is 11.6 Å². The molecule has 0 aliphatic heterocycles. The van der Waals surface area contributed by atoms with E-state index in [0.717, 1.165) is 10.9 Å². The molecule has 1 aromatic carbocycles. The van der Waals surface area contributed by atoms with E-state index in [4.69, 9.17) is 16.0 Å². The maximum Gasteiger partial charge on any atom is 0.276 e. The number of aliphatic imine (C=N–C) groups is 1. The van der Waals surface area contributed by atoms with Crippen molar-refractivity contribution < 1.29 is 18.1 Å². The van der Waals surface area contributed by atoms with Crippen LogP contribution < -0.4 is 17.0 Å². The van der Waals surface area contributed by atoms with Crippen LogP contribution in [0.4, 0.5) is 8.78 Å². The summed E-state index contributed by atoms with van der Waals surface area (Å²) in [6.07, 6.45) is 4.43. The molecule has 178 valence electrons. The summed E-state index contributed by atoms with van der Waals surface area (Å²) in [6, 6.07) is 7.67. The number of carbonyl (C=O) groups is 1. The second-order valence-corrected chi connectivity index (χ2v) is 7.22. The molecule has 5 N–H and O–H groups in total. The van der Waals surface area contributed by atoms with Gasteiger partial charge in [-0.2, -0.15) is 4.68 Å². The van der Waals surface area contributed by atoms with Gasteiger partial charge in [-0.3, -0.25) is 19.7 Å². The van der Waals surface area contributed by atoms with Gasteiger partial charge in [-0.15, -0.1) is 0 Å². The van der Waals surface area contributed by atoms with Gasteiger partial charge in [0, 0.05) is 23.4 Å². The Kier molecular flexibility index (Phi) is 6.57. The highest BCUT2D eigenvalue weighted by molar-refractivity contribution is 6.10. The van der Waals surface area contributed by atoms with Gasteiger partial charge in [-0.25, -0.2) is 18.7 Å². The predicted molar refractivity (Wildman–Crippen MR) is 120 cm³/mol. The summed E-state index contributed by atoms with van der Waals surface area (Å²) in [7, 11) is 0. The lowest BCUT2D eigenvalue weighted by atomic mass is 10.2. The number of carbonyl (C=O) groups excluding carboxylic acids is 1. The maximum absolute atomic E-state index is 14.5. The number of aromatic amines is 1. The van der Waals surface area contributed by atoms with E-state index < -0.39 is 28.9 Å². The van der Waals surface area contributed by atoms with Crippen LogP contribution in [0.25, 0.3) is 11.5 Å². The number of primary amides is 1. The number of nitrogens with zero attached hydrogens (tertiary/aromatic N) is 5. The number of hydrogen-bond donors (Lipinski definition) is 3. The second-order valence-electron chi connectivity index (χ2n) is 7.22. The van der Waals surface area contributed by atoms with Crippen LogP contribution in [0.2, 0.25) is 0 Å². The molecule has 0 aliphatic carbocycles. The molecule has 0 fully saturated rings. The number of halogens is 2. The molecule has 4 aromatic rings. The Balaban J connectivity index is 1.70. The topological polar surface area (TPSA) is 171 Å². The molecular weight excluding hydrogens is 462 g/mol. The third kappa shape index (κ3) is 5.19. The Morgan fingerprint density at radius 1 is 1.17 bits per heavy atom. The van der Waals surface area contributed by atoms with E-state index in [1.807, 2.05) is 0 Å². The first-order valence-corrected chi connectivity index (χ1v) is 10.1. The quantitative estimate of drug-likeness (QED) is 0.318. The van der Waals surface area contributed by atoms with Gasteiger partial charge in [0.15, 0.2) is 17.5 Å². The van der Waals surface area contributed by atoms with E-state index in [9.17, 15) is 18.4 Å². The van der Waals surface area contributed by atoms with Gasteiger partial charge in [0.05, 0.1) is 30.6 Å². The number of H-pyrrole nitrogens is 1. The largest absolute Gasteiger partial charge is 0.396 e. The van der Waals surface area contributed by atoms with Gasteiger partial charge in [-0.05, 0) is 12.1 Å². The van der Waals surface area contributed by atoms with Gasteiger partial charge in [0.1, 0.15) is 17.8 Å². The highest BCUT2D eigenvalue weighted by Crippen LogP contribution is 2.14. The Hall–Kier alpha value is -4.94. The SMILES string of the molecule is NC(=O)Cc1c[nH]n(-c2nc(C(N)=CC(=NCc3ccccc3F)c3ccon3)ncc2F)c1=O. The lowest BCUT2D eigenvalue weighted by molar-refractivity contribution is -0.117. The second kappa shape index (κ2) is 9.91. The first-order valence-electron chi connectivity index (χ1n) is 10.1. The number of nitrogens with two attached hydrogens (primary N) is 2. The van der Waals surface area contributed by atoms with Gasteiger partial charge >= 0.3 is 0 Å². The molecule has 0 saturated carbocycles. The number of amides is 1. The molecule has 1 amide bonds. The molecule has 0 unspecified atom stereocenters. The highest BCUT2D eigenvalue weighted by atomic mass is 19.1. The van der Waals surface area contributed by atoms with Crippen LogP contribution in [-0.4, -0.2) is 36.5 Å². The number of nitrogens with one attached hydrogen (secondary N) is 1. The molecule has 0 atom stereocenters. The van der Waals surface area contributed by atoms with Crippen LogP contribution in [0.5, 0.6) is 0 Å². The van der Waals surface area contributed by atoms with Gasteiger partial charge < -0.3 is 16.0 Å². The van der Waals surface area contributed by atoms with Crippen LogP contribution in [0.1, 0.15) is 22.6 Å². The summed E-state index contributed by atoms with van der Waals surface area (Å²) in [5.41, 5.74) is 11.4. The fourth-order valence-electron chi connectivity index (χ4n) is 3.09. The van der Waals surface area contributed by atoms with Crippen LogP contribution in [-0.2, 0) is 17.8 Å². The van der Waals surface area contributed by atoms with E-state index in [0.29, 0.717) is 11.3 Å². The monoisotopic (exact) mass is 480 g/mol. The fourth-order valence-corrected chi connectivity index (χ4v) is 3.09. The van der Waals surface area contributed by atoms with Crippen molar-refractivity contribution in [3.8, 4) is 5.82 Å². The zero-order valence-electron chi connectivity index (χ0n) is 18.0. The van der Waals surface area contributed by atoms with Crippen molar-refractivity contribution in [2.24, 2.45) is 16.5 Å². The molecule has 4 rings (SSSR count). The van der Waals surface area contributed by atoms with Crippen molar-refractivity contribution in [3.63, 3.8) is 0 Å². The predicted octanol–water partition coefficient (Wildman–Crippen LogP) is 1.24. The molecule has 0 aliphatic rings. The Morgan fingerprint density at radius 2 is 1.97 bits per heavy atom. The summed E-state index contributed by atoms with van der Waals surface area (Å²) in [5.74, 6) is -2.61. The van der Waals surface area contributed by atoms with E-state index in [1.165, 1.54) is 30.7 Å². The van der Waals surface area contributed by atoms with Gasteiger partial charge in [-0.1, -0.05) is 23.4 Å². The summed E-state index contributed by atoms with van der Waals surface area (Å²) in [6.45, 7) is -0.0192. The molecule has 0 radical (unpaired) electrons. The van der Waals surface area contributed by atoms with Gasteiger partial charge in [0.2, 0.25) is 5.91 Å². The summed E-state index contributed by atoms with van der Waals surface area (Å²) in [4.78, 5) is 35.9. The van der Waals surface area contributed by atoms with E-state index in [1.54, 1.807) is 18.2 Å². The number of aromatic nitrogens is 5. The number of benzene rings is 1. The minimum Gasteiger partial charge on any atom is -0.396 e. The minimum atomic E-state index is -0.916. The van der Waals surface area contributed by atoms with Crippen LogP contribution >= 0.6 is 0 Å². The Labute approximate surface area is 195 Å². The molecule has 35 heavy (non-hydrogen) atoms. The molecule has 0 bridgehead atoms. The van der Waals surface area contributed by atoms with Crippen LogP contribution in [0.3, 0.4) is 0 Å². The van der Waals surface area contributed by atoms with Gasteiger partial charge in [0.25, 0.3) is 5.56 Å². The van der Waals surface area contributed by atoms with Crippen molar-refractivity contribution >= 4 is 17.3 Å². The van der Waals surface area contributed by atoms with Crippen LogP contribution in [0.15, 0.2) is 69.4 Å². The number of rotatable bonds is 8. The van der Waals surface area contributed by atoms with Crippen molar-refractivity contribution in [1.82, 2.24) is 24.9 Å². The fraction of sp³-hybridized carbons (Fsp3) is 0.0909. The molecular formula is C22H18F2N8O3. The number of allylic oxidation sites excluding steroid dienone is 1. The lowest BCUT2D eigenvalue weighted by Gasteiger charge is -2.06. The Morgan fingerprint density at radius 3 is 2.69 bits per heavy atom. The molecule has 3 heterocycles. The normalized spacial score (nSPS) is 12.2. The first kappa shape index (κ1) is 23.2. The average molecular weight is 480 g/mol. The van der Waals surface area contributed by atoms with Crippen molar-refractivity contribution in [2.45, 2.75) is 13.0 Å². The lowest BCUT2D eigenvalue weighted by Crippen LogP contribution is -2.24. The first-order chi connectivity index (χ1) is 16.8. The summed E-state index contributed by atoms with van der Waals surface area (Å²) in [5, 5.41) is 6.36. The summed E-state index contributed by atoms with van der Waals surface area (Å²) < 4.78 is 34.1. The van der Waals surface area contributed by atoms with Crippen molar-refractivity contribution in [1.29, 1.82) is 0 Å². The highest BCUT2D eigenvalue weighted by Gasteiger charge is 2.17. The summed E-state index contributed by atoms with van der Waals surface area (Å²) >= 11 is 0. The van der Waals surface area contributed by atoms with E-state index in [-0.39, 0.29) is 35.8 Å². The maximum atomic E-state index is 14.5.